The van der Waals surface area contributed by atoms with Crippen molar-refractivity contribution in [1.82, 2.24) is 4.57 Å². The third-order valence-corrected chi connectivity index (χ3v) is 17.3. The van der Waals surface area contributed by atoms with Crippen LogP contribution in [0.5, 0.6) is 0 Å². The molecule has 12 aromatic carbocycles. The van der Waals surface area contributed by atoms with Crippen LogP contribution in [0.25, 0.3) is 104 Å². The molecule has 82 heavy (non-hydrogen) atoms. The molecule has 0 amide bonds. The predicted octanol–water partition coefficient (Wildman–Crippen LogP) is 23.0. The Bertz CT molecular complexity index is 4510. The third-order valence-electron chi connectivity index (χ3n) is 17.3. The highest BCUT2D eigenvalue weighted by atomic mass is 15.1. The minimum absolute atomic E-state index is 0.0310. The molecule has 0 aliphatic heterocycles. The standard InChI is InChI=1S/C80H74N2/c1-77(2,3)57-38-41-62(56-44-54(45-58(48-56)78(4,5)6)55-46-59(79(7,8)9)49-60(47-55)80(10,11)12)74(50-57)82(69-31-21-18-28-64(69)63-27-17-16-26-61(63)51-24-14-13-15-25-51)73-43-37-53-34-39-67-72(42-36-52-35-40-68(73)76(53)75(52)67)81-70-32-22-19-29-65(70)66-30-20-23-33-71(66)81/h13-50H,1-12H3. The van der Waals surface area contributed by atoms with Gasteiger partial charge >= 0.3 is 0 Å². The first kappa shape index (κ1) is 52.6. The van der Waals surface area contributed by atoms with Crippen molar-refractivity contribution in [1.29, 1.82) is 0 Å². The van der Waals surface area contributed by atoms with Gasteiger partial charge in [-0.25, -0.2) is 0 Å². The van der Waals surface area contributed by atoms with Gasteiger partial charge in [0.25, 0.3) is 0 Å². The molecule has 0 atom stereocenters. The molecule has 0 unspecified atom stereocenters. The minimum Gasteiger partial charge on any atom is -0.309 e. The number of para-hydroxylation sites is 3. The molecular formula is C80H74N2. The molecule has 0 aliphatic rings. The smallest absolute Gasteiger partial charge is 0.0543 e. The molecule has 13 aromatic rings. The summed E-state index contributed by atoms with van der Waals surface area (Å²) >= 11 is 0. The molecule has 2 heteroatoms. The second kappa shape index (κ2) is 19.5. The number of hydrogen-bond acceptors (Lipinski definition) is 1. The lowest BCUT2D eigenvalue weighted by molar-refractivity contribution is 0.569. The maximum Gasteiger partial charge on any atom is 0.0543 e. The number of aromatic nitrogens is 1. The van der Waals surface area contributed by atoms with E-state index in [1.165, 1.54) is 121 Å². The summed E-state index contributed by atoms with van der Waals surface area (Å²) in [5.74, 6) is 0. The molecule has 0 saturated carbocycles. The Morgan fingerprint density at radius 2 is 0.744 bits per heavy atom. The summed E-state index contributed by atoms with van der Waals surface area (Å²) in [5, 5.41) is 9.94. The van der Waals surface area contributed by atoms with E-state index in [9.17, 15) is 0 Å². The Kier molecular flexibility index (Phi) is 12.5. The fraction of sp³-hybridized carbons (Fsp3) is 0.200. The van der Waals surface area contributed by atoms with Crippen molar-refractivity contribution in [2.45, 2.75) is 105 Å². The molecule has 0 fully saturated rings. The van der Waals surface area contributed by atoms with Crippen LogP contribution in [0, 0.1) is 0 Å². The van der Waals surface area contributed by atoms with E-state index in [1.54, 1.807) is 0 Å². The quantitative estimate of drug-likeness (QED) is 0.138. The van der Waals surface area contributed by atoms with Crippen molar-refractivity contribution in [3.05, 3.63) is 253 Å². The highest BCUT2D eigenvalue weighted by molar-refractivity contribution is 6.28. The van der Waals surface area contributed by atoms with E-state index < -0.39 is 0 Å². The number of anilines is 3. The van der Waals surface area contributed by atoms with E-state index >= 15 is 0 Å². The highest BCUT2D eigenvalue weighted by Gasteiger charge is 2.29. The molecule has 0 N–H and O–H groups in total. The monoisotopic (exact) mass is 1060 g/mol. The molecule has 0 radical (unpaired) electrons. The number of nitrogens with zero attached hydrogens (tertiary/aromatic N) is 2. The summed E-state index contributed by atoms with van der Waals surface area (Å²) in [6.07, 6.45) is 0. The Morgan fingerprint density at radius 3 is 1.37 bits per heavy atom. The molecule has 0 aliphatic carbocycles. The van der Waals surface area contributed by atoms with Crippen LogP contribution in [0.4, 0.5) is 17.1 Å². The van der Waals surface area contributed by atoms with E-state index in [-0.39, 0.29) is 21.7 Å². The number of fused-ring (bicyclic) bond motifs is 3. The summed E-state index contributed by atoms with van der Waals surface area (Å²) < 4.78 is 2.48. The van der Waals surface area contributed by atoms with Crippen LogP contribution in [0.3, 0.4) is 0 Å². The molecule has 1 aromatic heterocycles. The largest absolute Gasteiger partial charge is 0.309 e. The fourth-order valence-corrected chi connectivity index (χ4v) is 12.7. The lowest BCUT2D eigenvalue weighted by Crippen LogP contribution is -2.17. The van der Waals surface area contributed by atoms with Crippen molar-refractivity contribution in [2.75, 3.05) is 4.90 Å². The van der Waals surface area contributed by atoms with E-state index in [0.717, 1.165) is 22.6 Å². The van der Waals surface area contributed by atoms with Crippen LogP contribution in [0.15, 0.2) is 231 Å². The Balaban J connectivity index is 1.13. The van der Waals surface area contributed by atoms with Gasteiger partial charge in [0.1, 0.15) is 0 Å². The van der Waals surface area contributed by atoms with E-state index in [1.807, 2.05) is 0 Å². The second-order valence-corrected chi connectivity index (χ2v) is 27.1. The van der Waals surface area contributed by atoms with Crippen LogP contribution in [-0.4, -0.2) is 4.57 Å². The first-order valence-corrected chi connectivity index (χ1v) is 29.4. The molecule has 0 bridgehead atoms. The van der Waals surface area contributed by atoms with Crippen molar-refractivity contribution in [3.63, 3.8) is 0 Å². The van der Waals surface area contributed by atoms with Gasteiger partial charge in [-0.05, 0) is 141 Å². The maximum absolute atomic E-state index is 2.63. The SMILES string of the molecule is CC(C)(C)c1cc(-c2cc(C(C)(C)C)cc(C(C)(C)C)c2)cc(-c2ccc(C(C)(C)C)cc2N(c2ccccc2-c2ccccc2-c2ccccc2)c2ccc3ccc4c(-n5c6ccccc6c6ccccc65)ccc5ccc2c3c54)c1. The summed E-state index contributed by atoms with van der Waals surface area (Å²) in [6.45, 7) is 28.1. The molecule has 0 saturated heterocycles. The Morgan fingerprint density at radius 1 is 0.268 bits per heavy atom. The summed E-state index contributed by atoms with van der Waals surface area (Å²) in [4.78, 5) is 2.63. The van der Waals surface area contributed by atoms with Crippen LogP contribution >= 0.6 is 0 Å². The van der Waals surface area contributed by atoms with Crippen molar-refractivity contribution < 1.29 is 0 Å². The lowest BCUT2D eigenvalue weighted by atomic mass is 9.78. The Hall–Kier alpha value is -8.72. The van der Waals surface area contributed by atoms with E-state index in [2.05, 4.69) is 323 Å². The Labute approximate surface area is 485 Å². The van der Waals surface area contributed by atoms with Gasteiger partial charge in [-0.1, -0.05) is 271 Å². The van der Waals surface area contributed by atoms with Gasteiger partial charge in [0.2, 0.25) is 0 Å². The number of rotatable bonds is 8. The van der Waals surface area contributed by atoms with Crippen LogP contribution in [-0.2, 0) is 21.7 Å². The number of hydrogen-bond donors (Lipinski definition) is 0. The average molecular weight is 1060 g/mol. The summed E-state index contributed by atoms with van der Waals surface area (Å²) in [5.41, 5.74) is 21.5. The van der Waals surface area contributed by atoms with E-state index in [4.69, 9.17) is 0 Å². The average Bonchev–Trinajstić information content (AvgIpc) is 2.37. The molecule has 404 valence electrons. The minimum atomic E-state index is -0.153. The van der Waals surface area contributed by atoms with Gasteiger partial charge < -0.3 is 9.47 Å². The molecular weight excluding hydrogens is 989 g/mol. The van der Waals surface area contributed by atoms with Gasteiger partial charge in [-0.15, -0.1) is 0 Å². The second-order valence-electron chi connectivity index (χ2n) is 27.1. The van der Waals surface area contributed by atoms with Gasteiger partial charge in [-0.2, -0.15) is 0 Å². The zero-order chi connectivity index (χ0) is 57.0. The zero-order valence-corrected chi connectivity index (χ0v) is 49.8. The maximum atomic E-state index is 2.63. The van der Waals surface area contributed by atoms with Crippen LogP contribution < -0.4 is 4.90 Å². The normalized spacial score (nSPS) is 12.6. The summed E-state index contributed by atoms with van der Waals surface area (Å²) in [6, 6.07) is 87.7. The van der Waals surface area contributed by atoms with Gasteiger partial charge in [-0.3, -0.25) is 0 Å². The fourth-order valence-electron chi connectivity index (χ4n) is 12.7. The molecule has 13 rings (SSSR count). The first-order chi connectivity index (χ1) is 39.2. The van der Waals surface area contributed by atoms with E-state index in [0.29, 0.717) is 0 Å². The third kappa shape index (κ3) is 9.14. The van der Waals surface area contributed by atoms with Crippen LogP contribution in [0.1, 0.15) is 105 Å². The van der Waals surface area contributed by atoms with Crippen LogP contribution in [0.2, 0.25) is 0 Å². The number of benzene rings is 12. The summed E-state index contributed by atoms with van der Waals surface area (Å²) in [7, 11) is 0. The predicted molar refractivity (Wildman–Crippen MR) is 356 cm³/mol. The zero-order valence-electron chi connectivity index (χ0n) is 49.8. The molecule has 0 spiro atoms. The molecule has 2 nitrogen and oxygen atoms in total. The van der Waals surface area contributed by atoms with Gasteiger partial charge in [0.15, 0.2) is 0 Å². The highest BCUT2D eigenvalue weighted by Crippen LogP contribution is 2.52. The first-order valence-electron chi connectivity index (χ1n) is 29.4. The van der Waals surface area contributed by atoms with Crippen molar-refractivity contribution in [2.24, 2.45) is 0 Å². The van der Waals surface area contributed by atoms with Gasteiger partial charge in [0, 0.05) is 32.7 Å². The topological polar surface area (TPSA) is 8.17 Å². The van der Waals surface area contributed by atoms with Gasteiger partial charge in [0.05, 0.1) is 33.8 Å². The van der Waals surface area contributed by atoms with Crippen molar-refractivity contribution >= 4 is 71.2 Å². The lowest BCUT2D eigenvalue weighted by Gasteiger charge is -2.33. The molecule has 1 heterocycles. The van der Waals surface area contributed by atoms with Crippen molar-refractivity contribution in [3.8, 4) is 50.2 Å².